The lowest BCUT2D eigenvalue weighted by atomic mass is 10.2. The van der Waals surface area contributed by atoms with Crippen molar-refractivity contribution in [1.29, 1.82) is 0 Å². The molecule has 1 aromatic carbocycles. The van der Waals surface area contributed by atoms with Crippen molar-refractivity contribution in [3.8, 4) is 0 Å². The van der Waals surface area contributed by atoms with Gasteiger partial charge in [0.1, 0.15) is 5.82 Å². The molecule has 2 aromatic rings. The van der Waals surface area contributed by atoms with Gasteiger partial charge in [-0.15, -0.1) is 30.1 Å². The van der Waals surface area contributed by atoms with E-state index in [1.54, 1.807) is 50.4 Å². The number of hydrogen-bond donors (Lipinski definition) is 2. The molecule has 2 heterocycles. The molecule has 1 atom stereocenters. The van der Waals surface area contributed by atoms with E-state index in [4.69, 9.17) is 4.74 Å². The first-order valence-electron chi connectivity index (χ1n) is 9.76. The second kappa shape index (κ2) is 10.7. The van der Waals surface area contributed by atoms with Gasteiger partial charge in [-0.3, -0.25) is 5.32 Å². The summed E-state index contributed by atoms with van der Waals surface area (Å²) in [6.45, 7) is 2.94. The second-order valence-electron chi connectivity index (χ2n) is 6.85. The number of aromatic nitrogens is 1. The molecule has 3 rings (SSSR count). The van der Waals surface area contributed by atoms with Gasteiger partial charge in [-0.05, 0) is 31.5 Å². The number of quaternary nitrogens is 1. The Hall–Kier alpha value is -2.82. The molecule has 0 aliphatic carbocycles. The van der Waals surface area contributed by atoms with Crippen molar-refractivity contribution in [3.05, 3.63) is 54.0 Å². The summed E-state index contributed by atoms with van der Waals surface area (Å²) in [5.41, 5.74) is 1.26. The number of nitrogens with zero attached hydrogens (tertiary/aromatic N) is 2. The molecular weight excluding hydrogens is 449 g/mol. The zero-order valence-corrected chi connectivity index (χ0v) is 18.4. The van der Waals surface area contributed by atoms with E-state index in [1.165, 1.54) is 12.3 Å². The molecule has 1 aliphatic heterocycles. The fourth-order valence-electron chi connectivity index (χ4n) is 3.45. The van der Waals surface area contributed by atoms with Gasteiger partial charge in [0.2, 0.25) is 0 Å². The number of amides is 2. The van der Waals surface area contributed by atoms with Crippen LogP contribution < -0.4 is 15.1 Å². The minimum atomic E-state index is -4.93. The Bertz CT molecular complexity index is 954. The molecule has 0 fully saturated rings. The maximum atomic E-state index is 13.3. The van der Waals surface area contributed by atoms with E-state index in [2.05, 4.69) is 20.4 Å². The Morgan fingerprint density at radius 2 is 1.94 bits per heavy atom. The summed E-state index contributed by atoms with van der Waals surface area (Å²) in [5.74, 6) is 0.110. The molecule has 32 heavy (non-hydrogen) atoms. The third kappa shape index (κ3) is 5.50. The monoisotopic (exact) mass is 473 g/mol. The molecular formula is C21H25ClF3N4O3+. The number of anilines is 2. The summed E-state index contributed by atoms with van der Waals surface area (Å²) in [6, 6.07) is 9.26. The van der Waals surface area contributed by atoms with Gasteiger partial charge < -0.3 is 14.8 Å². The highest BCUT2D eigenvalue weighted by atomic mass is 35.5. The number of nitrogens with one attached hydrogen (secondary N) is 2. The van der Waals surface area contributed by atoms with Crippen LogP contribution in [0, 0.1) is 0 Å². The lowest BCUT2D eigenvalue weighted by Crippen LogP contribution is -2.55. The standard InChI is InChI=1S/C21H23F3N4O3.ClH/c1-3-28(17-8-5-4-7-15(17)13-19(28)31-21(22,23)24)20(29)27-16-9-10-18(26-14-16)25-11-6-12-30-2;/h4-5,7-10,13-14H,3,6,11-12H2,1-2H3,(H-,25,26,27,29);1H/p+1/t28-;/m0./s1. The van der Waals surface area contributed by atoms with Crippen molar-refractivity contribution in [1.82, 2.24) is 9.47 Å². The number of alkyl halides is 3. The van der Waals surface area contributed by atoms with E-state index in [9.17, 15) is 18.0 Å². The van der Waals surface area contributed by atoms with Gasteiger partial charge in [0, 0.05) is 31.9 Å². The van der Waals surface area contributed by atoms with E-state index in [1.807, 2.05) is 0 Å². The Morgan fingerprint density at radius 1 is 1.19 bits per heavy atom. The summed E-state index contributed by atoms with van der Waals surface area (Å²) < 4.78 is 47.7. The summed E-state index contributed by atoms with van der Waals surface area (Å²) in [7, 11) is 1.63. The Morgan fingerprint density at radius 3 is 2.56 bits per heavy atom. The van der Waals surface area contributed by atoms with Crippen LogP contribution in [0.15, 0.2) is 48.5 Å². The molecule has 1 aliphatic rings. The number of pyridine rings is 1. The van der Waals surface area contributed by atoms with E-state index >= 15 is 0 Å². The largest absolute Gasteiger partial charge is 0.576 e. The predicted octanol–water partition coefficient (Wildman–Crippen LogP) is 5.36. The average Bonchev–Trinajstić information content (AvgIpc) is 3.04. The Balaban J connectivity index is 0.00000363. The van der Waals surface area contributed by atoms with Crippen LogP contribution in [-0.2, 0) is 9.47 Å². The van der Waals surface area contributed by atoms with Crippen LogP contribution in [0.4, 0.5) is 35.2 Å². The van der Waals surface area contributed by atoms with Gasteiger partial charge in [-0.1, -0.05) is 12.1 Å². The highest BCUT2D eigenvalue weighted by Gasteiger charge is 2.53. The number of ether oxygens (including phenoxy) is 2. The van der Waals surface area contributed by atoms with Crippen LogP contribution in [0.25, 0.3) is 6.08 Å². The second-order valence-corrected chi connectivity index (χ2v) is 6.85. The molecule has 0 saturated carbocycles. The molecule has 2 N–H and O–H groups in total. The predicted molar refractivity (Wildman–Crippen MR) is 119 cm³/mol. The molecule has 0 bridgehead atoms. The van der Waals surface area contributed by atoms with Crippen LogP contribution >= 0.6 is 12.4 Å². The SMILES string of the molecule is CC[N@@+]1(C(=O)Nc2ccc(NCCCOC)nc2)C(OC(F)(F)F)=Cc2ccccc21.Cl. The summed E-state index contributed by atoms with van der Waals surface area (Å²) in [4.78, 5) is 17.5. The van der Waals surface area contributed by atoms with Crippen molar-refractivity contribution in [3.63, 3.8) is 0 Å². The van der Waals surface area contributed by atoms with Crippen molar-refractivity contribution >= 4 is 41.7 Å². The Kier molecular flexibility index (Phi) is 8.48. The normalized spacial score (nSPS) is 17.1. The van der Waals surface area contributed by atoms with Crippen LogP contribution in [0.2, 0.25) is 0 Å². The highest BCUT2D eigenvalue weighted by molar-refractivity contribution is 6.03. The zero-order chi connectivity index (χ0) is 22.5. The molecule has 0 unspecified atom stereocenters. The smallest absolute Gasteiger partial charge is 0.385 e. The molecule has 11 heteroatoms. The minimum absolute atomic E-state index is 0. The lowest BCUT2D eigenvalue weighted by molar-refractivity contribution is -0.310. The number of fused-ring (bicyclic) bond motifs is 1. The molecule has 0 radical (unpaired) electrons. The molecule has 7 nitrogen and oxygen atoms in total. The number of rotatable bonds is 8. The third-order valence-electron chi connectivity index (χ3n) is 4.89. The summed E-state index contributed by atoms with van der Waals surface area (Å²) in [6.07, 6.45) is -1.43. The highest BCUT2D eigenvalue weighted by Crippen LogP contribution is 2.43. The van der Waals surface area contributed by atoms with E-state index in [0.29, 0.717) is 35.9 Å². The van der Waals surface area contributed by atoms with Crippen LogP contribution in [0.5, 0.6) is 0 Å². The lowest BCUT2D eigenvalue weighted by Gasteiger charge is -2.31. The molecule has 174 valence electrons. The Labute approximate surface area is 190 Å². The number of urea groups is 1. The summed E-state index contributed by atoms with van der Waals surface area (Å²) in [5, 5.41) is 5.79. The molecule has 2 amide bonds. The van der Waals surface area contributed by atoms with Gasteiger partial charge >= 0.3 is 18.3 Å². The minimum Gasteiger partial charge on any atom is -0.385 e. The van der Waals surface area contributed by atoms with E-state index in [-0.39, 0.29) is 19.0 Å². The fraction of sp³-hybridized carbons (Fsp3) is 0.333. The number of carbonyl (C=O) groups excluding carboxylic acids is 1. The maximum Gasteiger partial charge on any atom is 0.576 e. The fourth-order valence-corrected chi connectivity index (χ4v) is 3.45. The average molecular weight is 474 g/mol. The van der Waals surface area contributed by atoms with Gasteiger partial charge in [0.25, 0.3) is 0 Å². The van der Waals surface area contributed by atoms with Crippen LogP contribution in [0.3, 0.4) is 0 Å². The number of hydrogen-bond acceptors (Lipinski definition) is 5. The van der Waals surface area contributed by atoms with E-state index < -0.39 is 22.8 Å². The van der Waals surface area contributed by atoms with Crippen molar-refractivity contribution in [2.24, 2.45) is 0 Å². The quantitative estimate of drug-likeness (QED) is 0.399. The van der Waals surface area contributed by atoms with Gasteiger partial charge in [0.05, 0.1) is 24.5 Å². The molecule has 0 saturated heterocycles. The number of methoxy groups -OCH3 is 1. The summed E-state index contributed by atoms with van der Waals surface area (Å²) >= 11 is 0. The zero-order valence-electron chi connectivity index (χ0n) is 17.6. The number of benzene rings is 1. The first kappa shape index (κ1) is 25.4. The molecule has 1 aromatic heterocycles. The van der Waals surface area contributed by atoms with Crippen LogP contribution in [-0.4, -0.2) is 44.2 Å². The number of carbonyl (C=O) groups is 1. The van der Waals surface area contributed by atoms with Gasteiger partial charge in [0.15, 0.2) is 5.69 Å². The third-order valence-corrected chi connectivity index (χ3v) is 4.89. The van der Waals surface area contributed by atoms with Crippen molar-refractivity contribution < 1.29 is 27.4 Å². The van der Waals surface area contributed by atoms with Gasteiger partial charge in [-0.2, -0.15) is 0 Å². The first-order chi connectivity index (χ1) is 14.8. The van der Waals surface area contributed by atoms with E-state index in [0.717, 1.165) is 6.42 Å². The number of halogens is 4. The maximum absolute atomic E-state index is 13.3. The first-order valence-corrected chi connectivity index (χ1v) is 9.76. The van der Waals surface area contributed by atoms with Gasteiger partial charge in [-0.25, -0.2) is 9.78 Å². The van der Waals surface area contributed by atoms with Crippen molar-refractivity contribution in [2.75, 3.05) is 37.4 Å². The van der Waals surface area contributed by atoms with Crippen molar-refractivity contribution in [2.45, 2.75) is 19.7 Å². The van der Waals surface area contributed by atoms with Crippen LogP contribution in [0.1, 0.15) is 18.9 Å². The molecule has 0 spiro atoms. The topological polar surface area (TPSA) is 72.5 Å². The number of para-hydroxylation sites is 1.